The molecule has 1 aliphatic heterocycles. The summed E-state index contributed by atoms with van der Waals surface area (Å²) in [5.74, 6) is -1.32. The van der Waals surface area contributed by atoms with Crippen LogP contribution in [0, 0.1) is 6.42 Å². The predicted octanol–water partition coefficient (Wildman–Crippen LogP) is 3.13. The fourth-order valence-corrected chi connectivity index (χ4v) is 2.17. The molecule has 2 nitrogen and oxygen atoms in total. The smallest absolute Gasteiger partial charge is 0.186 e. The summed E-state index contributed by atoms with van der Waals surface area (Å²) in [6.45, 7) is 3.23. The van der Waals surface area contributed by atoms with Crippen LogP contribution in [0.5, 0.6) is 0 Å². The zero-order valence-electron chi connectivity index (χ0n) is 9.92. The van der Waals surface area contributed by atoms with E-state index in [1.54, 1.807) is 0 Å². The van der Waals surface area contributed by atoms with Crippen molar-refractivity contribution < 1.29 is 13.5 Å². The molecule has 1 heterocycles. The molecule has 0 saturated carbocycles. The lowest BCUT2D eigenvalue weighted by molar-refractivity contribution is 0.136. The van der Waals surface area contributed by atoms with E-state index in [2.05, 4.69) is 4.90 Å². The zero-order valence-corrected chi connectivity index (χ0v) is 9.92. The van der Waals surface area contributed by atoms with E-state index in [0.717, 1.165) is 19.6 Å². The summed E-state index contributed by atoms with van der Waals surface area (Å²) in [6.07, 6.45) is 6.55. The van der Waals surface area contributed by atoms with Gasteiger partial charge in [-0.1, -0.05) is 6.42 Å². The minimum atomic E-state index is -0.604. The zero-order chi connectivity index (χ0) is 12.1. The number of ether oxygens (including phenoxy) is 1. The Bertz CT molecular complexity index is 319. The molecule has 4 heteroatoms. The summed E-state index contributed by atoms with van der Waals surface area (Å²) in [5, 5.41) is 0. The standard InChI is InChI=1S/C13H18F2NO/c14-11-5-4-6-12(15)13(11)17-10-9-16-7-2-1-3-8-16/h4-5H,1-3,6-10H2. The number of piperidine rings is 1. The summed E-state index contributed by atoms with van der Waals surface area (Å²) in [5.41, 5.74) is 0. The lowest BCUT2D eigenvalue weighted by atomic mass is 10.1. The van der Waals surface area contributed by atoms with Crippen LogP contribution in [0.25, 0.3) is 0 Å². The van der Waals surface area contributed by atoms with Crippen LogP contribution in [0.15, 0.2) is 23.5 Å². The van der Waals surface area contributed by atoms with Gasteiger partial charge in [-0.2, -0.15) is 0 Å². The number of halogens is 2. The van der Waals surface area contributed by atoms with Crippen molar-refractivity contribution >= 4 is 0 Å². The van der Waals surface area contributed by atoms with Gasteiger partial charge in [-0.3, -0.25) is 4.90 Å². The highest BCUT2D eigenvalue weighted by molar-refractivity contribution is 5.30. The van der Waals surface area contributed by atoms with Gasteiger partial charge < -0.3 is 4.74 Å². The SMILES string of the molecule is FC1=C[CH]CC(F)=C1OCCN1CCCCC1. The molecule has 1 aliphatic carbocycles. The second-order valence-corrected chi connectivity index (χ2v) is 4.44. The molecule has 95 valence electrons. The van der Waals surface area contributed by atoms with E-state index in [9.17, 15) is 8.78 Å². The van der Waals surface area contributed by atoms with Crippen LogP contribution in [-0.4, -0.2) is 31.1 Å². The fraction of sp³-hybridized carbons (Fsp3) is 0.615. The lowest BCUT2D eigenvalue weighted by Crippen LogP contribution is -2.32. The van der Waals surface area contributed by atoms with Gasteiger partial charge in [-0.25, -0.2) is 8.78 Å². The molecule has 2 aliphatic rings. The Labute approximate surface area is 101 Å². The minimum Gasteiger partial charge on any atom is -0.487 e. The Morgan fingerprint density at radius 3 is 2.65 bits per heavy atom. The molecule has 0 bridgehead atoms. The van der Waals surface area contributed by atoms with Crippen LogP contribution in [-0.2, 0) is 4.74 Å². The monoisotopic (exact) mass is 242 g/mol. The van der Waals surface area contributed by atoms with Crippen molar-refractivity contribution in [2.24, 2.45) is 0 Å². The van der Waals surface area contributed by atoms with E-state index >= 15 is 0 Å². The highest BCUT2D eigenvalue weighted by atomic mass is 19.1. The van der Waals surface area contributed by atoms with E-state index in [-0.39, 0.29) is 12.2 Å². The number of likely N-dealkylation sites (tertiary alicyclic amines) is 1. The minimum absolute atomic E-state index is 0.131. The fourth-order valence-electron chi connectivity index (χ4n) is 2.17. The summed E-state index contributed by atoms with van der Waals surface area (Å²) in [4.78, 5) is 2.28. The van der Waals surface area contributed by atoms with Crippen molar-refractivity contribution in [2.75, 3.05) is 26.2 Å². The summed E-state index contributed by atoms with van der Waals surface area (Å²) in [7, 11) is 0. The van der Waals surface area contributed by atoms with Crippen LogP contribution < -0.4 is 0 Å². The Kier molecular flexibility index (Phi) is 4.54. The number of rotatable bonds is 4. The average molecular weight is 242 g/mol. The van der Waals surface area contributed by atoms with Gasteiger partial charge in [0.2, 0.25) is 0 Å². The predicted molar refractivity (Wildman–Crippen MR) is 62.5 cm³/mol. The largest absolute Gasteiger partial charge is 0.487 e. The Morgan fingerprint density at radius 1 is 1.18 bits per heavy atom. The molecule has 0 aromatic carbocycles. The van der Waals surface area contributed by atoms with E-state index in [1.807, 2.05) is 0 Å². The van der Waals surface area contributed by atoms with E-state index in [1.165, 1.54) is 31.8 Å². The second-order valence-electron chi connectivity index (χ2n) is 4.44. The number of hydrogen-bond donors (Lipinski definition) is 0. The van der Waals surface area contributed by atoms with Crippen molar-refractivity contribution in [1.82, 2.24) is 4.90 Å². The molecule has 0 unspecified atom stereocenters. The second kappa shape index (κ2) is 6.15. The first kappa shape index (κ1) is 12.6. The van der Waals surface area contributed by atoms with Gasteiger partial charge in [0.1, 0.15) is 12.4 Å². The van der Waals surface area contributed by atoms with E-state index in [0.29, 0.717) is 6.61 Å². The highest BCUT2D eigenvalue weighted by Gasteiger charge is 2.18. The Morgan fingerprint density at radius 2 is 1.94 bits per heavy atom. The normalized spacial score (nSPS) is 22.6. The van der Waals surface area contributed by atoms with Gasteiger partial charge in [-0.05, 0) is 38.4 Å². The molecule has 2 rings (SSSR count). The first-order chi connectivity index (χ1) is 8.27. The number of allylic oxidation sites excluding steroid dienone is 3. The Hall–Kier alpha value is -0.900. The summed E-state index contributed by atoms with van der Waals surface area (Å²) >= 11 is 0. The van der Waals surface area contributed by atoms with Crippen molar-refractivity contribution in [1.29, 1.82) is 0 Å². The van der Waals surface area contributed by atoms with Crippen molar-refractivity contribution in [3.8, 4) is 0 Å². The molecule has 17 heavy (non-hydrogen) atoms. The van der Waals surface area contributed by atoms with Crippen molar-refractivity contribution in [2.45, 2.75) is 25.7 Å². The summed E-state index contributed by atoms with van der Waals surface area (Å²) in [6, 6.07) is 0. The molecule has 0 spiro atoms. The van der Waals surface area contributed by atoms with Crippen LogP contribution in [0.2, 0.25) is 0 Å². The van der Waals surface area contributed by atoms with E-state index < -0.39 is 11.7 Å². The van der Waals surface area contributed by atoms with E-state index in [4.69, 9.17) is 4.74 Å². The van der Waals surface area contributed by atoms with Crippen LogP contribution in [0.4, 0.5) is 8.78 Å². The first-order valence-corrected chi connectivity index (χ1v) is 6.20. The molecule has 0 aromatic heterocycles. The van der Waals surface area contributed by atoms with Crippen LogP contribution in [0.1, 0.15) is 25.7 Å². The molecule has 0 aromatic rings. The quantitative estimate of drug-likeness (QED) is 0.751. The molecular formula is C13H18F2NO. The van der Waals surface area contributed by atoms with Gasteiger partial charge in [0.15, 0.2) is 11.6 Å². The molecular weight excluding hydrogens is 224 g/mol. The summed E-state index contributed by atoms with van der Waals surface area (Å²) < 4.78 is 31.8. The van der Waals surface area contributed by atoms with Crippen molar-refractivity contribution in [3.05, 3.63) is 29.9 Å². The van der Waals surface area contributed by atoms with Crippen LogP contribution in [0.3, 0.4) is 0 Å². The molecule has 0 N–H and O–H groups in total. The Balaban J connectivity index is 1.75. The lowest BCUT2D eigenvalue weighted by Gasteiger charge is -2.26. The van der Waals surface area contributed by atoms with Gasteiger partial charge >= 0.3 is 0 Å². The number of hydrogen-bond acceptors (Lipinski definition) is 2. The third kappa shape index (κ3) is 3.53. The maximum Gasteiger partial charge on any atom is 0.186 e. The average Bonchev–Trinajstić information content (AvgIpc) is 2.34. The third-order valence-corrected chi connectivity index (χ3v) is 3.13. The maximum absolute atomic E-state index is 13.3. The topological polar surface area (TPSA) is 12.5 Å². The first-order valence-electron chi connectivity index (χ1n) is 6.20. The van der Waals surface area contributed by atoms with Gasteiger partial charge in [0.25, 0.3) is 0 Å². The van der Waals surface area contributed by atoms with Gasteiger partial charge in [0.05, 0.1) is 0 Å². The number of nitrogens with zero attached hydrogens (tertiary/aromatic N) is 1. The van der Waals surface area contributed by atoms with Gasteiger partial charge in [-0.15, -0.1) is 0 Å². The molecule has 1 radical (unpaired) electrons. The third-order valence-electron chi connectivity index (χ3n) is 3.13. The maximum atomic E-state index is 13.3. The molecule has 1 fully saturated rings. The highest BCUT2D eigenvalue weighted by Crippen LogP contribution is 2.27. The van der Waals surface area contributed by atoms with Crippen molar-refractivity contribution in [3.63, 3.8) is 0 Å². The molecule has 0 amide bonds. The molecule has 0 atom stereocenters. The molecule has 1 saturated heterocycles. The van der Waals surface area contributed by atoms with Gasteiger partial charge in [0, 0.05) is 13.0 Å². The van der Waals surface area contributed by atoms with Crippen LogP contribution >= 0.6 is 0 Å².